The number of rotatable bonds is 0. The van der Waals surface area contributed by atoms with Gasteiger partial charge in [-0.2, -0.15) is 0 Å². The summed E-state index contributed by atoms with van der Waals surface area (Å²) < 4.78 is 6.26. The average Bonchev–Trinajstić information content (AvgIpc) is 2.86. The minimum absolute atomic E-state index is 0.160. The quantitative estimate of drug-likeness (QED) is 0.737. The van der Waals surface area contributed by atoms with Gasteiger partial charge in [0.15, 0.2) is 11.9 Å². The van der Waals surface area contributed by atoms with Gasteiger partial charge in [0.1, 0.15) is 5.75 Å². The number of aryl methyl sites for hydroxylation is 1. The van der Waals surface area contributed by atoms with Crippen molar-refractivity contribution in [3.63, 3.8) is 0 Å². The summed E-state index contributed by atoms with van der Waals surface area (Å²) in [5, 5.41) is 0. The van der Waals surface area contributed by atoms with Crippen LogP contribution in [-0.4, -0.2) is 35.3 Å². The lowest BCUT2D eigenvalue weighted by Gasteiger charge is -2.57. The second kappa shape index (κ2) is 4.16. The van der Waals surface area contributed by atoms with Gasteiger partial charge in [-0.05, 0) is 43.2 Å². The summed E-state index contributed by atoms with van der Waals surface area (Å²) in [6.45, 7) is 4.49. The predicted molar refractivity (Wildman–Crippen MR) is 84.5 cm³/mol. The van der Waals surface area contributed by atoms with E-state index in [0.717, 1.165) is 37.1 Å². The molecule has 2 aliphatic heterocycles. The molecule has 1 spiro atoms. The number of hydrogen-bond acceptors (Lipinski definition) is 3. The summed E-state index contributed by atoms with van der Waals surface area (Å²) >= 11 is 0. The lowest BCUT2D eigenvalue weighted by atomic mass is 9.51. The van der Waals surface area contributed by atoms with Crippen LogP contribution in [0.15, 0.2) is 12.1 Å². The first kappa shape index (κ1) is 13.6. The van der Waals surface area contributed by atoms with E-state index >= 15 is 0 Å². The molecule has 1 amide bonds. The number of benzene rings is 1. The highest BCUT2D eigenvalue weighted by Gasteiger charge is 2.65. The Balaban J connectivity index is 1.78. The lowest BCUT2D eigenvalue weighted by Crippen LogP contribution is -2.66. The van der Waals surface area contributed by atoms with E-state index in [-0.39, 0.29) is 29.3 Å². The van der Waals surface area contributed by atoms with Gasteiger partial charge in [-0.3, -0.25) is 9.59 Å². The number of carbonyl (C=O) groups excluding carboxylic acids is 2. The van der Waals surface area contributed by atoms with Crippen molar-refractivity contribution in [3.8, 4) is 5.75 Å². The van der Waals surface area contributed by atoms with Gasteiger partial charge in [0.25, 0.3) is 0 Å². The zero-order valence-corrected chi connectivity index (χ0v) is 13.6. The molecule has 2 bridgehead atoms. The van der Waals surface area contributed by atoms with Crippen LogP contribution in [0, 0.1) is 12.8 Å². The molecule has 1 unspecified atom stereocenters. The number of nitrogens with zero attached hydrogens (tertiary/aromatic N) is 1. The van der Waals surface area contributed by atoms with E-state index in [2.05, 4.69) is 19.1 Å². The Morgan fingerprint density at radius 2 is 2.22 bits per heavy atom. The highest BCUT2D eigenvalue weighted by Crippen LogP contribution is 2.62. The average molecular weight is 311 g/mol. The molecular formula is C19H21NO3. The smallest absolute Gasteiger partial charge is 0.219 e. The monoisotopic (exact) mass is 311 g/mol. The van der Waals surface area contributed by atoms with Gasteiger partial charge in [0.2, 0.25) is 5.91 Å². The van der Waals surface area contributed by atoms with Crippen LogP contribution in [0.3, 0.4) is 0 Å². The van der Waals surface area contributed by atoms with Crippen molar-refractivity contribution >= 4 is 11.7 Å². The first-order chi connectivity index (χ1) is 11.0. The second-order valence-electron chi connectivity index (χ2n) is 7.63. The van der Waals surface area contributed by atoms with Crippen LogP contribution in [0.5, 0.6) is 5.75 Å². The van der Waals surface area contributed by atoms with Crippen LogP contribution in [0.2, 0.25) is 0 Å². The van der Waals surface area contributed by atoms with Gasteiger partial charge < -0.3 is 9.64 Å². The first-order valence-corrected chi connectivity index (χ1v) is 8.63. The fourth-order valence-electron chi connectivity index (χ4n) is 5.87. The Hall–Kier alpha value is -1.84. The van der Waals surface area contributed by atoms with Crippen molar-refractivity contribution in [3.05, 3.63) is 28.8 Å². The SMILES string of the molecule is CC(=O)N1CC[C@]23c4c5ccc(C)c4O[C@H]2C(=O)CCC3[C@H]1C5. The number of ketones is 1. The Kier molecular flexibility index (Phi) is 2.46. The minimum atomic E-state index is -0.326. The molecule has 4 nitrogen and oxygen atoms in total. The van der Waals surface area contributed by atoms with E-state index in [1.807, 2.05) is 4.90 Å². The van der Waals surface area contributed by atoms with Gasteiger partial charge in [0, 0.05) is 36.9 Å². The number of hydrogen-bond donors (Lipinski definition) is 0. The van der Waals surface area contributed by atoms with Crippen LogP contribution in [0.1, 0.15) is 42.9 Å². The maximum absolute atomic E-state index is 12.6. The summed E-state index contributed by atoms with van der Waals surface area (Å²) in [7, 11) is 0. The molecule has 120 valence electrons. The normalized spacial score (nSPS) is 36.5. The molecule has 1 saturated carbocycles. The van der Waals surface area contributed by atoms with Crippen LogP contribution < -0.4 is 4.74 Å². The Morgan fingerprint density at radius 1 is 1.39 bits per heavy atom. The van der Waals surface area contributed by atoms with Gasteiger partial charge in [0.05, 0.1) is 0 Å². The van der Waals surface area contributed by atoms with E-state index in [9.17, 15) is 9.59 Å². The molecule has 0 N–H and O–H groups in total. The predicted octanol–water partition coefficient (Wildman–Crippen LogP) is 2.15. The fourth-order valence-corrected chi connectivity index (χ4v) is 5.87. The van der Waals surface area contributed by atoms with Crippen LogP contribution >= 0.6 is 0 Å². The highest BCUT2D eigenvalue weighted by atomic mass is 16.5. The minimum Gasteiger partial charge on any atom is -0.481 e. The summed E-state index contributed by atoms with van der Waals surface area (Å²) in [5.41, 5.74) is 3.54. The van der Waals surface area contributed by atoms with Crippen molar-refractivity contribution in [1.29, 1.82) is 0 Å². The first-order valence-electron chi connectivity index (χ1n) is 8.63. The Labute approximate surface area is 135 Å². The molecule has 5 rings (SSSR count). The standard InChI is InChI=1S/C19H21NO3/c1-10-3-4-12-9-14-13-5-6-15(22)18-19(13,16(12)17(10)23-18)7-8-20(14)11(2)21/h3-4,13-14,18H,5-9H2,1-2H3/t13?,14-,18+,19+/m1/s1. The Morgan fingerprint density at radius 3 is 3.00 bits per heavy atom. The lowest BCUT2D eigenvalue weighted by molar-refractivity contribution is -0.146. The van der Waals surface area contributed by atoms with Crippen LogP contribution in [0.25, 0.3) is 0 Å². The number of amides is 1. The van der Waals surface area contributed by atoms with Crippen molar-refractivity contribution in [1.82, 2.24) is 4.90 Å². The molecule has 2 heterocycles. The van der Waals surface area contributed by atoms with Gasteiger partial charge in [-0.15, -0.1) is 0 Å². The molecule has 4 atom stereocenters. The molecule has 2 fully saturated rings. The Bertz CT molecular complexity index is 755. The van der Waals surface area contributed by atoms with Gasteiger partial charge in [-0.25, -0.2) is 0 Å². The zero-order valence-electron chi connectivity index (χ0n) is 13.6. The number of piperidine rings is 1. The largest absolute Gasteiger partial charge is 0.481 e. The molecule has 1 aromatic rings. The topological polar surface area (TPSA) is 46.6 Å². The molecule has 1 aromatic carbocycles. The molecule has 4 heteroatoms. The zero-order chi connectivity index (χ0) is 15.9. The van der Waals surface area contributed by atoms with E-state index in [1.54, 1.807) is 6.92 Å². The van der Waals surface area contributed by atoms with Gasteiger partial charge in [-0.1, -0.05) is 12.1 Å². The molecule has 23 heavy (non-hydrogen) atoms. The third kappa shape index (κ3) is 1.43. The molecule has 1 saturated heterocycles. The number of carbonyl (C=O) groups is 2. The van der Waals surface area contributed by atoms with Crippen molar-refractivity contribution < 1.29 is 14.3 Å². The number of Topliss-reactive ketones (excluding diaryl/α,β-unsaturated/α-hetero) is 1. The molecule has 2 aliphatic carbocycles. The second-order valence-corrected chi connectivity index (χ2v) is 7.63. The molecule has 4 aliphatic rings. The molecular weight excluding hydrogens is 290 g/mol. The number of likely N-dealkylation sites (tertiary alicyclic amines) is 1. The van der Waals surface area contributed by atoms with Gasteiger partial charge >= 0.3 is 0 Å². The van der Waals surface area contributed by atoms with Crippen molar-refractivity contribution in [2.45, 2.75) is 57.1 Å². The maximum atomic E-state index is 12.6. The summed E-state index contributed by atoms with van der Waals surface area (Å²) in [4.78, 5) is 26.8. The van der Waals surface area contributed by atoms with Crippen LogP contribution in [0.4, 0.5) is 0 Å². The third-order valence-electron chi connectivity index (χ3n) is 6.73. The summed E-state index contributed by atoms with van der Waals surface area (Å²) in [6.07, 6.45) is 2.90. The van der Waals surface area contributed by atoms with E-state index < -0.39 is 0 Å². The third-order valence-corrected chi connectivity index (χ3v) is 6.73. The summed E-state index contributed by atoms with van der Waals surface area (Å²) in [5.74, 6) is 1.73. The molecule has 0 radical (unpaired) electrons. The van der Waals surface area contributed by atoms with Crippen molar-refractivity contribution in [2.24, 2.45) is 5.92 Å². The summed E-state index contributed by atoms with van der Waals surface area (Å²) in [6, 6.07) is 4.51. The number of ether oxygens (including phenoxy) is 1. The molecule has 0 aromatic heterocycles. The van der Waals surface area contributed by atoms with Crippen molar-refractivity contribution in [2.75, 3.05) is 6.54 Å². The highest BCUT2D eigenvalue weighted by molar-refractivity contribution is 5.89. The maximum Gasteiger partial charge on any atom is 0.219 e. The fraction of sp³-hybridized carbons (Fsp3) is 0.579. The van der Waals surface area contributed by atoms with E-state index in [0.29, 0.717) is 12.3 Å². The van der Waals surface area contributed by atoms with E-state index in [1.165, 1.54) is 11.1 Å². The van der Waals surface area contributed by atoms with E-state index in [4.69, 9.17) is 4.74 Å². The van der Waals surface area contributed by atoms with Crippen LogP contribution in [-0.2, 0) is 21.4 Å².